The van der Waals surface area contributed by atoms with Crippen molar-refractivity contribution in [1.82, 2.24) is 0 Å². The van der Waals surface area contributed by atoms with E-state index in [0.29, 0.717) is 0 Å². The first kappa shape index (κ1) is 13.3. The Morgan fingerprint density at radius 1 is 0.895 bits per heavy atom. The van der Waals surface area contributed by atoms with Gasteiger partial charge in [-0.1, -0.05) is 0 Å². The van der Waals surface area contributed by atoms with Crippen molar-refractivity contribution in [2.45, 2.75) is 30.4 Å². The summed E-state index contributed by atoms with van der Waals surface area (Å²) in [5.74, 6) is 0. The van der Waals surface area contributed by atoms with Crippen LogP contribution in [-0.4, -0.2) is 0 Å². The van der Waals surface area contributed by atoms with Gasteiger partial charge in [-0.2, -0.15) is 0 Å². The second-order valence-electron chi connectivity index (χ2n) is 6.48. The predicted octanol–water partition coefficient (Wildman–Crippen LogP) is 5.54. The monoisotopic (exact) mass is 328 g/mol. The molecule has 0 saturated heterocycles. The van der Waals surface area contributed by atoms with Crippen LogP contribution in [0.4, 0.5) is 0 Å². The molecule has 1 aromatic carbocycles. The van der Waals surface area contributed by atoms with E-state index >= 15 is 0 Å². The third-order valence-corrected chi connectivity index (χ3v) is 15.2. The zero-order chi connectivity index (χ0) is 13.6. The van der Waals surface area contributed by atoms with Gasteiger partial charge in [0.2, 0.25) is 0 Å². The number of aryl methyl sites for hydroxylation is 2. The summed E-state index contributed by atoms with van der Waals surface area (Å²) in [6.45, 7) is 4.52. The van der Waals surface area contributed by atoms with E-state index in [2.05, 4.69) is 71.7 Å². The van der Waals surface area contributed by atoms with Crippen LogP contribution >= 0.6 is 0 Å². The fourth-order valence-electron chi connectivity index (χ4n) is 3.53. The molecule has 0 N–H and O–H groups in total. The SMILES string of the molecule is Cc1ccc(C)c2c1C=C[CH]2[Zr]([CH3])([CH3])[CH]1C=CC=C1. The summed E-state index contributed by atoms with van der Waals surface area (Å²) in [6, 6.07) is 4.56. The molecule has 1 atom stereocenters. The fraction of sp³-hybridized carbons (Fsp3) is 0.333. The predicted molar refractivity (Wildman–Crippen MR) is 81.4 cm³/mol. The average Bonchev–Trinajstić information content (AvgIpc) is 3.02. The summed E-state index contributed by atoms with van der Waals surface area (Å²) in [7, 11) is 0. The Morgan fingerprint density at radius 3 is 2.21 bits per heavy atom. The zero-order valence-electron chi connectivity index (χ0n) is 12.3. The Bertz CT molecular complexity index is 590. The van der Waals surface area contributed by atoms with Crippen LogP contribution in [0.1, 0.15) is 25.9 Å². The molecule has 2 aliphatic rings. The van der Waals surface area contributed by atoms with Crippen molar-refractivity contribution in [2.24, 2.45) is 0 Å². The van der Waals surface area contributed by atoms with Gasteiger partial charge < -0.3 is 0 Å². The summed E-state index contributed by atoms with van der Waals surface area (Å²) in [4.78, 5) is 0. The van der Waals surface area contributed by atoms with Crippen LogP contribution < -0.4 is 0 Å². The van der Waals surface area contributed by atoms with Gasteiger partial charge >= 0.3 is 121 Å². The molecule has 0 fully saturated rings. The maximum atomic E-state index is 2.60. The van der Waals surface area contributed by atoms with Crippen molar-refractivity contribution in [3.63, 3.8) is 0 Å². The van der Waals surface area contributed by atoms with Gasteiger partial charge in [-0.05, 0) is 0 Å². The van der Waals surface area contributed by atoms with E-state index in [1.807, 2.05) is 0 Å². The molecule has 1 aromatic rings. The molecule has 3 rings (SSSR count). The standard InChI is InChI=1S/C11H11.C5H5.2CH3.Zr/c1-8-6-7-9(2)11-5-3-4-10(8)11;1-2-4-5-3-1;;;/h3-7H,1-2H3;1-5H;2*1H3;. The van der Waals surface area contributed by atoms with E-state index in [9.17, 15) is 0 Å². The van der Waals surface area contributed by atoms with Gasteiger partial charge in [0, 0.05) is 0 Å². The molecule has 2 aliphatic carbocycles. The summed E-state index contributed by atoms with van der Waals surface area (Å²) in [5.41, 5.74) is 6.04. The number of hydrogen-bond donors (Lipinski definition) is 0. The molecule has 1 heteroatoms. The van der Waals surface area contributed by atoms with Crippen LogP contribution in [0.3, 0.4) is 0 Å². The maximum absolute atomic E-state index is 2.60. The second-order valence-corrected chi connectivity index (χ2v) is 18.6. The Hall–Kier alpha value is -0.677. The van der Waals surface area contributed by atoms with Crippen LogP contribution in [0.5, 0.6) is 0 Å². The molecule has 19 heavy (non-hydrogen) atoms. The molecule has 98 valence electrons. The Kier molecular flexibility index (Phi) is 3.30. The number of rotatable bonds is 2. The van der Waals surface area contributed by atoms with Crippen molar-refractivity contribution in [2.75, 3.05) is 0 Å². The minimum atomic E-state index is -2.24. The number of allylic oxidation sites excluding steroid dienone is 5. The average molecular weight is 330 g/mol. The molecule has 0 radical (unpaired) electrons. The minimum absolute atomic E-state index is 0.724. The first-order valence-electron chi connectivity index (χ1n) is 7.15. The summed E-state index contributed by atoms with van der Waals surface area (Å²) >= 11 is -2.24. The topological polar surface area (TPSA) is 0 Å². The Labute approximate surface area is 121 Å². The van der Waals surface area contributed by atoms with Crippen LogP contribution in [0.15, 0.2) is 42.5 Å². The van der Waals surface area contributed by atoms with Crippen LogP contribution in [0.25, 0.3) is 6.08 Å². The van der Waals surface area contributed by atoms with E-state index in [4.69, 9.17) is 0 Å². The summed E-state index contributed by atoms with van der Waals surface area (Å²) in [6.07, 6.45) is 14.2. The van der Waals surface area contributed by atoms with E-state index in [1.54, 1.807) is 5.56 Å². The first-order chi connectivity index (χ1) is 9.01. The quantitative estimate of drug-likeness (QED) is 0.668. The molecular weight excluding hydrogens is 307 g/mol. The molecule has 1 unspecified atom stereocenters. The molecule has 0 aromatic heterocycles. The first-order valence-corrected chi connectivity index (χ1v) is 14.9. The zero-order valence-corrected chi connectivity index (χ0v) is 14.7. The van der Waals surface area contributed by atoms with Crippen LogP contribution in [0, 0.1) is 13.8 Å². The summed E-state index contributed by atoms with van der Waals surface area (Å²) < 4.78 is 6.67. The molecule has 0 aliphatic heterocycles. The third kappa shape index (κ3) is 2.07. The van der Waals surface area contributed by atoms with E-state index in [-0.39, 0.29) is 0 Å². The number of hydrogen-bond acceptors (Lipinski definition) is 0. The van der Waals surface area contributed by atoms with E-state index in [1.165, 1.54) is 16.7 Å². The third-order valence-electron chi connectivity index (χ3n) is 4.90. The van der Waals surface area contributed by atoms with Crippen molar-refractivity contribution < 1.29 is 20.3 Å². The van der Waals surface area contributed by atoms with Gasteiger partial charge in [-0.15, -0.1) is 0 Å². The summed E-state index contributed by atoms with van der Waals surface area (Å²) in [5, 5.41) is 0. The van der Waals surface area contributed by atoms with E-state index < -0.39 is 20.3 Å². The molecule has 0 spiro atoms. The molecule has 0 nitrogen and oxygen atoms in total. The van der Waals surface area contributed by atoms with Crippen molar-refractivity contribution in [1.29, 1.82) is 0 Å². The van der Waals surface area contributed by atoms with Gasteiger partial charge in [-0.25, -0.2) is 0 Å². The van der Waals surface area contributed by atoms with Gasteiger partial charge in [0.15, 0.2) is 0 Å². The van der Waals surface area contributed by atoms with Gasteiger partial charge in [-0.3, -0.25) is 0 Å². The van der Waals surface area contributed by atoms with Gasteiger partial charge in [0.25, 0.3) is 0 Å². The second kappa shape index (κ2) is 4.70. The van der Waals surface area contributed by atoms with Crippen LogP contribution in [0.2, 0.25) is 12.9 Å². The fourth-order valence-corrected chi connectivity index (χ4v) is 11.8. The number of fused-ring (bicyclic) bond motifs is 1. The van der Waals surface area contributed by atoms with Gasteiger partial charge in [0.05, 0.1) is 0 Å². The molecule has 0 heterocycles. The van der Waals surface area contributed by atoms with Crippen LogP contribution in [-0.2, 0) is 20.3 Å². The molecular formula is C18H22Zr. The molecule has 0 amide bonds. The van der Waals surface area contributed by atoms with Crippen molar-refractivity contribution in [3.8, 4) is 0 Å². The molecule has 0 bridgehead atoms. The van der Waals surface area contributed by atoms with Crippen molar-refractivity contribution >= 4 is 6.08 Å². The van der Waals surface area contributed by atoms with Gasteiger partial charge in [0.1, 0.15) is 0 Å². The normalized spacial score (nSPS) is 21.4. The van der Waals surface area contributed by atoms with Crippen molar-refractivity contribution in [3.05, 3.63) is 64.8 Å². The van der Waals surface area contributed by atoms with E-state index in [0.717, 1.165) is 7.25 Å². The molecule has 0 saturated carbocycles. The Balaban J connectivity index is 2.07. The number of benzene rings is 1. The Morgan fingerprint density at radius 2 is 1.53 bits per heavy atom.